The lowest BCUT2D eigenvalue weighted by atomic mass is 9.87. The average Bonchev–Trinajstić information content (AvgIpc) is 3.07. The van der Waals surface area contributed by atoms with Crippen LogP contribution in [0.3, 0.4) is 0 Å². The first-order valence-corrected chi connectivity index (χ1v) is 7.82. The van der Waals surface area contributed by atoms with Crippen LogP contribution in [0, 0.1) is 5.41 Å². The van der Waals surface area contributed by atoms with Crippen molar-refractivity contribution >= 4 is 0 Å². The lowest BCUT2D eigenvalue weighted by Gasteiger charge is -2.31. The minimum atomic E-state index is 0.286. The highest BCUT2D eigenvalue weighted by atomic mass is 16.5. The molecule has 0 unspecified atom stereocenters. The normalized spacial score (nSPS) is 28.2. The molecule has 3 rings (SSSR count). The van der Waals surface area contributed by atoms with Gasteiger partial charge < -0.3 is 18.8 Å². The molecule has 2 aliphatic heterocycles. The lowest BCUT2D eigenvalue weighted by Crippen LogP contribution is -2.40. The highest BCUT2D eigenvalue weighted by molar-refractivity contribution is 5.05. The van der Waals surface area contributed by atoms with Gasteiger partial charge in [-0.1, -0.05) is 0 Å². The summed E-state index contributed by atoms with van der Waals surface area (Å²) in [4.78, 5) is 5.02. The average molecular weight is 294 g/mol. The summed E-state index contributed by atoms with van der Waals surface area (Å²) < 4.78 is 16.3. The molecule has 21 heavy (non-hydrogen) atoms. The van der Waals surface area contributed by atoms with Crippen LogP contribution in [0.1, 0.15) is 12.0 Å². The fourth-order valence-electron chi connectivity index (χ4n) is 3.54. The van der Waals surface area contributed by atoms with Crippen LogP contribution in [0.5, 0.6) is 0 Å². The summed E-state index contributed by atoms with van der Waals surface area (Å²) >= 11 is 0. The Hall–Kier alpha value is -0.880. The molecule has 1 spiro atoms. The summed E-state index contributed by atoms with van der Waals surface area (Å²) in [5.41, 5.74) is 1.54. The molecular formula is C16H26N2O3. The predicted octanol–water partition coefficient (Wildman–Crippen LogP) is 1.45. The molecule has 0 N–H and O–H groups in total. The molecule has 2 saturated heterocycles. The van der Waals surface area contributed by atoms with Gasteiger partial charge in [0, 0.05) is 50.8 Å². The van der Waals surface area contributed by atoms with Gasteiger partial charge in [0.05, 0.1) is 32.3 Å². The van der Waals surface area contributed by atoms with E-state index >= 15 is 0 Å². The van der Waals surface area contributed by atoms with Crippen LogP contribution < -0.4 is 0 Å². The lowest BCUT2D eigenvalue weighted by molar-refractivity contribution is 0.0682. The molecule has 0 radical (unpaired) electrons. The number of likely N-dealkylation sites (tertiary alicyclic amines) is 1. The number of furan rings is 1. The number of nitrogens with zero attached hydrogens (tertiary/aromatic N) is 2. The van der Waals surface area contributed by atoms with Crippen molar-refractivity contribution in [2.75, 3.05) is 59.7 Å². The molecule has 3 heterocycles. The second-order valence-electron chi connectivity index (χ2n) is 6.41. The third-order valence-electron chi connectivity index (χ3n) is 4.63. The quantitative estimate of drug-likeness (QED) is 0.822. The zero-order valence-electron chi connectivity index (χ0n) is 12.9. The van der Waals surface area contributed by atoms with Gasteiger partial charge in [-0.3, -0.25) is 4.90 Å². The van der Waals surface area contributed by atoms with Crippen LogP contribution in [-0.2, 0) is 16.0 Å². The van der Waals surface area contributed by atoms with Crippen molar-refractivity contribution in [3.8, 4) is 0 Å². The standard InChI is InChI=1S/C16H26N2O3/c1-19-8-5-17-4-3-16(12-17)13-18(6-9-21-14-16)10-15-2-7-20-11-15/h2,7,11H,3-6,8-10,12-14H2,1H3/t16-/m1/s1. The third-order valence-corrected chi connectivity index (χ3v) is 4.63. The Labute approximate surface area is 126 Å². The van der Waals surface area contributed by atoms with E-state index in [1.807, 2.05) is 6.26 Å². The highest BCUT2D eigenvalue weighted by Gasteiger charge is 2.40. The molecule has 0 amide bonds. The minimum Gasteiger partial charge on any atom is -0.472 e. The number of methoxy groups -OCH3 is 1. The molecule has 5 nitrogen and oxygen atoms in total. The third kappa shape index (κ3) is 3.86. The van der Waals surface area contributed by atoms with Gasteiger partial charge in [0.15, 0.2) is 0 Å². The van der Waals surface area contributed by atoms with E-state index < -0.39 is 0 Å². The maximum Gasteiger partial charge on any atom is 0.0947 e. The number of hydrogen-bond donors (Lipinski definition) is 0. The zero-order valence-corrected chi connectivity index (χ0v) is 12.9. The fourth-order valence-corrected chi connectivity index (χ4v) is 3.54. The predicted molar refractivity (Wildman–Crippen MR) is 80.2 cm³/mol. The van der Waals surface area contributed by atoms with Gasteiger partial charge in [0.25, 0.3) is 0 Å². The second kappa shape index (κ2) is 6.92. The summed E-state index contributed by atoms with van der Waals surface area (Å²) in [6, 6.07) is 2.05. The van der Waals surface area contributed by atoms with Crippen molar-refractivity contribution in [3.63, 3.8) is 0 Å². The van der Waals surface area contributed by atoms with E-state index in [-0.39, 0.29) is 5.41 Å². The summed E-state index contributed by atoms with van der Waals surface area (Å²) in [6.07, 6.45) is 4.82. The van der Waals surface area contributed by atoms with Crippen LogP contribution in [0.2, 0.25) is 0 Å². The molecule has 1 aromatic heterocycles. The summed E-state index contributed by atoms with van der Waals surface area (Å²) in [6.45, 7) is 8.92. The SMILES string of the molecule is COCCN1CC[C@@]2(COCCN(Cc3ccoc3)C2)C1. The van der Waals surface area contributed by atoms with Crippen molar-refractivity contribution in [1.29, 1.82) is 0 Å². The van der Waals surface area contributed by atoms with Gasteiger partial charge in [0.1, 0.15) is 0 Å². The Kier molecular flexibility index (Phi) is 4.95. The summed E-state index contributed by atoms with van der Waals surface area (Å²) in [5.74, 6) is 0. The van der Waals surface area contributed by atoms with E-state index in [0.717, 1.165) is 59.1 Å². The van der Waals surface area contributed by atoms with Crippen LogP contribution in [0.25, 0.3) is 0 Å². The Morgan fingerprint density at radius 1 is 1.29 bits per heavy atom. The second-order valence-corrected chi connectivity index (χ2v) is 6.41. The monoisotopic (exact) mass is 294 g/mol. The molecule has 1 aromatic rings. The van der Waals surface area contributed by atoms with Crippen LogP contribution in [0.15, 0.2) is 23.0 Å². The molecule has 2 aliphatic rings. The highest BCUT2D eigenvalue weighted by Crippen LogP contribution is 2.33. The number of hydrogen-bond acceptors (Lipinski definition) is 5. The molecule has 0 bridgehead atoms. The van der Waals surface area contributed by atoms with E-state index in [1.54, 1.807) is 13.4 Å². The first kappa shape index (κ1) is 15.0. The van der Waals surface area contributed by atoms with E-state index in [0.29, 0.717) is 0 Å². The van der Waals surface area contributed by atoms with Gasteiger partial charge in [-0.25, -0.2) is 0 Å². The fraction of sp³-hybridized carbons (Fsp3) is 0.750. The summed E-state index contributed by atoms with van der Waals surface area (Å²) in [7, 11) is 1.77. The largest absolute Gasteiger partial charge is 0.472 e. The number of ether oxygens (including phenoxy) is 2. The van der Waals surface area contributed by atoms with E-state index in [9.17, 15) is 0 Å². The Morgan fingerprint density at radius 3 is 3.00 bits per heavy atom. The number of rotatable bonds is 5. The molecule has 5 heteroatoms. The van der Waals surface area contributed by atoms with Crippen LogP contribution in [-0.4, -0.2) is 69.5 Å². The van der Waals surface area contributed by atoms with Crippen molar-refractivity contribution < 1.29 is 13.9 Å². The Morgan fingerprint density at radius 2 is 2.19 bits per heavy atom. The van der Waals surface area contributed by atoms with Gasteiger partial charge in [-0.2, -0.15) is 0 Å². The smallest absolute Gasteiger partial charge is 0.0947 e. The molecule has 0 aromatic carbocycles. The van der Waals surface area contributed by atoms with Crippen molar-refractivity contribution in [3.05, 3.63) is 24.2 Å². The molecule has 118 valence electrons. The Balaban J connectivity index is 1.59. The zero-order chi connectivity index (χ0) is 14.5. The first-order chi connectivity index (χ1) is 10.3. The van der Waals surface area contributed by atoms with Crippen molar-refractivity contribution in [2.45, 2.75) is 13.0 Å². The van der Waals surface area contributed by atoms with Crippen molar-refractivity contribution in [2.24, 2.45) is 5.41 Å². The van der Waals surface area contributed by atoms with Crippen molar-refractivity contribution in [1.82, 2.24) is 9.80 Å². The van der Waals surface area contributed by atoms with E-state index in [2.05, 4.69) is 15.9 Å². The maximum absolute atomic E-state index is 5.91. The first-order valence-electron chi connectivity index (χ1n) is 7.82. The molecule has 0 aliphatic carbocycles. The topological polar surface area (TPSA) is 38.1 Å². The molecular weight excluding hydrogens is 268 g/mol. The molecule has 1 atom stereocenters. The molecule has 0 saturated carbocycles. The molecule has 2 fully saturated rings. The van der Waals surface area contributed by atoms with Gasteiger partial charge in [-0.05, 0) is 19.0 Å². The van der Waals surface area contributed by atoms with Gasteiger partial charge in [0.2, 0.25) is 0 Å². The van der Waals surface area contributed by atoms with Crippen LogP contribution in [0.4, 0.5) is 0 Å². The van der Waals surface area contributed by atoms with Gasteiger partial charge >= 0.3 is 0 Å². The van der Waals surface area contributed by atoms with Crippen LogP contribution >= 0.6 is 0 Å². The van der Waals surface area contributed by atoms with E-state index in [1.165, 1.54) is 12.0 Å². The Bertz CT molecular complexity index is 423. The maximum atomic E-state index is 5.91. The minimum absolute atomic E-state index is 0.286. The summed E-state index contributed by atoms with van der Waals surface area (Å²) in [5, 5.41) is 0. The van der Waals surface area contributed by atoms with Gasteiger partial charge in [-0.15, -0.1) is 0 Å². The van der Waals surface area contributed by atoms with E-state index in [4.69, 9.17) is 13.9 Å².